The molecule has 3 rings (SSSR count). The van der Waals surface area contributed by atoms with Crippen LogP contribution in [0, 0.1) is 0 Å². The molecular formula is C22H29N5O. The van der Waals surface area contributed by atoms with Crippen molar-refractivity contribution in [1.82, 2.24) is 20.2 Å². The maximum Gasteiger partial charge on any atom is 0.191 e. The number of guanidine groups is 1. The van der Waals surface area contributed by atoms with Crippen LogP contribution >= 0.6 is 0 Å². The number of hydrogen-bond acceptors (Lipinski definition) is 3. The Labute approximate surface area is 166 Å². The van der Waals surface area contributed by atoms with Gasteiger partial charge in [0.25, 0.3) is 0 Å². The lowest BCUT2D eigenvalue weighted by Crippen LogP contribution is -2.43. The van der Waals surface area contributed by atoms with Crippen LogP contribution < -0.4 is 10.6 Å². The number of rotatable bonds is 8. The number of aliphatic imine (C=N–C) groups is 1. The van der Waals surface area contributed by atoms with Crippen molar-refractivity contribution in [2.75, 3.05) is 20.3 Å². The van der Waals surface area contributed by atoms with Gasteiger partial charge in [0.1, 0.15) is 0 Å². The molecule has 28 heavy (non-hydrogen) atoms. The van der Waals surface area contributed by atoms with Crippen LogP contribution in [0.15, 0.2) is 59.9 Å². The van der Waals surface area contributed by atoms with Crippen molar-refractivity contribution in [3.8, 4) is 0 Å². The van der Waals surface area contributed by atoms with Crippen LogP contribution in [0.25, 0.3) is 11.0 Å². The zero-order chi connectivity index (χ0) is 19.8. The Balaban J connectivity index is 1.63. The highest BCUT2D eigenvalue weighted by Crippen LogP contribution is 2.14. The van der Waals surface area contributed by atoms with Crippen LogP contribution in [-0.4, -0.2) is 41.8 Å². The summed E-state index contributed by atoms with van der Waals surface area (Å²) in [7, 11) is 1.70. The Kier molecular flexibility index (Phi) is 7.03. The van der Waals surface area contributed by atoms with E-state index >= 15 is 0 Å². The Morgan fingerprint density at radius 1 is 1.14 bits per heavy atom. The van der Waals surface area contributed by atoms with Gasteiger partial charge in [0.05, 0.1) is 30.5 Å². The number of methoxy groups -OCH3 is 1. The fourth-order valence-corrected chi connectivity index (χ4v) is 3.10. The first-order valence-electron chi connectivity index (χ1n) is 9.71. The Morgan fingerprint density at radius 3 is 2.64 bits per heavy atom. The summed E-state index contributed by atoms with van der Waals surface area (Å²) in [6, 6.07) is 17.0. The van der Waals surface area contributed by atoms with Crippen molar-refractivity contribution in [1.29, 1.82) is 0 Å². The Morgan fingerprint density at radius 2 is 1.89 bits per heavy atom. The number of benzene rings is 2. The molecule has 0 saturated heterocycles. The number of fused-ring (bicyclic) bond motifs is 1. The summed E-state index contributed by atoms with van der Waals surface area (Å²) in [6.45, 7) is 7.04. The molecule has 0 spiro atoms. The summed E-state index contributed by atoms with van der Waals surface area (Å²) >= 11 is 0. The third kappa shape index (κ3) is 5.33. The van der Waals surface area contributed by atoms with Gasteiger partial charge in [0.2, 0.25) is 0 Å². The van der Waals surface area contributed by atoms with E-state index in [2.05, 4.69) is 69.4 Å². The minimum Gasteiger partial charge on any atom is -0.383 e. The van der Waals surface area contributed by atoms with Crippen molar-refractivity contribution in [2.24, 2.45) is 4.99 Å². The molecule has 0 fully saturated rings. The fraction of sp³-hybridized carbons (Fsp3) is 0.364. The van der Waals surface area contributed by atoms with Gasteiger partial charge in [0, 0.05) is 26.2 Å². The first-order chi connectivity index (χ1) is 13.7. The Bertz CT molecular complexity index is 901. The number of aromatic nitrogens is 2. The molecule has 1 unspecified atom stereocenters. The summed E-state index contributed by atoms with van der Waals surface area (Å²) in [6.07, 6.45) is 1.90. The van der Waals surface area contributed by atoms with Gasteiger partial charge in [-0.1, -0.05) is 36.4 Å². The number of para-hydroxylation sites is 2. The smallest absolute Gasteiger partial charge is 0.191 e. The lowest BCUT2D eigenvalue weighted by molar-refractivity contribution is 0.179. The van der Waals surface area contributed by atoms with E-state index in [-0.39, 0.29) is 6.04 Å². The van der Waals surface area contributed by atoms with Gasteiger partial charge in [-0.15, -0.1) is 0 Å². The minimum atomic E-state index is 0.204. The Hall–Kier alpha value is -2.86. The molecule has 6 heteroatoms. The van der Waals surface area contributed by atoms with Gasteiger partial charge < -0.3 is 19.9 Å². The molecule has 1 heterocycles. The maximum atomic E-state index is 5.18. The molecule has 0 bridgehead atoms. The van der Waals surface area contributed by atoms with Gasteiger partial charge in [-0.3, -0.25) is 0 Å². The first kappa shape index (κ1) is 19.9. The molecule has 148 valence electrons. The molecule has 2 aromatic carbocycles. The largest absolute Gasteiger partial charge is 0.383 e. The maximum absolute atomic E-state index is 5.18. The molecule has 0 aliphatic heterocycles. The van der Waals surface area contributed by atoms with E-state index in [1.807, 2.05) is 24.5 Å². The minimum absolute atomic E-state index is 0.204. The lowest BCUT2D eigenvalue weighted by atomic mass is 10.1. The summed E-state index contributed by atoms with van der Waals surface area (Å²) in [5, 5.41) is 6.62. The molecule has 0 saturated carbocycles. The van der Waals surface area contributed by atoms with Crippen LogP contribution in [0.4, 0.5) is 0 Å². The average molecular weight is 380 g/mol. The summed E-state index contributed by atoms with van der Waals surface area (Å²) in [5.41, 5.74) is 4.60. The molecule has 6 nitrogen and oxygen atoms in total. The van der Waals surface area contributed by atoms with Crippen LogP contribution in [0.5, 0.6) is 0 Å². The average Bonchev–Trinajstić information content (AvgIpc) is 3.10. The molecule has 0 aliphatic carbocycles. The van der Waals surface area contributed by atoms with Gasteiger partial charge >= 0.3 is 0 Å². The van der Waals surface area contributed by atoms with E-state index in [0.717, 1.165) is 30.1 Å². The number of ether oxygens (including phenoxy) is 1. The predicted octanol–water partition coefficient (Wildman–Crippen LogP) is 3.17. The number of nitrogens with one attached hydrogen (secondary N) is 2. The standard InChI is InChI=1S/C22H29N5O/c1-4-23-22(26-17(2)15-28-3)24-13-18-9-11-19(12-10-18)14-27-16-25-20-7-5-6-8-21(20)27/h5-12,16-17H,4,13-15H2,1-3H3,(H2,23,24,26). The van der Waals surface area contributed by atoms with Crippen LogP contribution in [0.3, 0.4) is 0 Å². The highest BCUT2D eigenvalue weighted by Gasteiger charge is 2.05. The number of hydrogen-bond donors (Lipinski definition) is 2. The second kappa shape index (κ2) is 9.90. The van der Waals surface area contributed by atoms with Crippen LogP contribution in [0.1, 0.15) is 25.0 Å². The highest BCUT2D eigenvalue weighted by molar-refractivity contribution is 5.80. The van der Waals surface area contributed by atoms with Crippen molar-refractivity contribution < 1.29 is 4.74 Å². The first-order valence-corrected chi connectivity index (χ1v) is 9.71. The second-order valence-electron chi connectivity index (χ2n) is 6.87. The van der Waals surface area contributed by atoms with Gasteiger partial charge in [0.15, 0.2) is 5.96 Å². The second-order valence-corrected chi connectivity index (χ2v) is 6.87. The normalized spacial score (nSPS) is 12.9. The molecule has 1 atom stereocenters. The predicted molar refractivity (Wildman–Crippen MR) is 115 cm³/mol. The monoisotopic (exact) mass is 379 g/mol. The van der Waals surface area contributed by atoms with Crippen LogP contribution in [0.2, 0.25) is 0 Å². The SMILES string of the molecule is CCNC(=NCc1ccc(Cn2cnc3ccccc32)cc1)NC(C)COC. The van der Waals surface area contributed by atoms with Gasteiger partial charge in [-0.05, 0) is 37.1 Å². The third-order valence-corrected chi connectivity index (χ3v) is 4.47. The summed E-state index contributed by atoms with van der Waals surface area (Å²) < 4.78 is 7.35. The van der Waals surface area contributed by atoms with Crippen molar-refractivity contribution >= 4 is 17.0 Å². The fourth-order valence-electron chi connectivity index (χ4n) is 3.10. The lowest BCUT2D eigenvalue weighted by Gasteiger charge is -2.17. The number of nitrogens with zero attached hydrogens (tertiary/aromatic N) is 3. The van der Waals surface area contributed by atoms with E-state index in [1.54, 1.807) is 7.11 Å². The molecule has 0 radical (unpaired) electrons. The molecule has 0 amide bonds. The van der Waals surface area contributed by atoms with E-state index in [0.29, 0.717) is 13.2 Å². The molecule has 1 aromatic heterocycles. The quantitative estimate of drug-likeness (QED) is 0.466. The van der Waals surface area contributed by atoms with Crippen molar-refractivity contribution in [3.63, 3.8) is 0 Å². The zero-order valence-electron chi connectivity index (χ0n) is 16.9. The van der Waals surface area contributed by atoms with Gasteiger partial charge in [-0.25, -0.2) is 9.98 Å². The molecule has 2 N–H and O–H groups in total. The number of imidazole rings is 1. The molecule has 3 aromatic rings. The topological polar surface area (TPSA) is 63.5 Å². The highest BCUT2D eigenvalue weighted by atomic mass is 16.5. The van der Waals surface area contributed by atoms with Crippen molar-refractivity contribution in [3.05, 3.63) is 66.0 Å². The summed E-state index contributed by atoms with van der Waals surface area (Å²) in [4.78, 5) is 9.13. The third-order valence-electron chi connectivity index (χ3n) is 4.47. The van der Waals surface area contributed by atoms with Crippen molar-refractivity contribution in [2.45, 2.75) is 33.0 Å². The van der Waals surface area contributed by atoms with E-state index < -0.39 is 0 Å². The van der Waals surface area contributed by atoms with Crippen LogP contribution in [-0.2, 0) is 17.8 Å². The zero-order valence-corrected chi connectivity index (χ0v) is 16.9. The van der Waals surface area contributed by atoms with E-state index in [4.69, 9.17) is 4.74 Å². The van der Waals surface area contributed by atoms with E-state index in [9.17, 15) is 0 Å². The van der Waals surface area contributed by atoms with Gasteiger partial charge in [-0.2, -0.15) is 0 Å². The molecule has 0 aliphatic rings. The molecular weight excluding hydrogens is 350 g/mol. The summed E-state index contributed by atoms with van der Waals surface area (Å²) in [5.74, 6) is 0.806. The van der Waals surface area contributed by atoms with E-state index in [1.165, 1.54) is 11.1 Å².